The van der Waals surface area contributed by atoms with Crippen LogP contribution in [-0.2, 0) is 29.2 Å². The molecule has 1 saturated heterocycles. The van der Waals surface area contributed by atoms with Crippen LogP contribution >= 0.6 is 0 Å². The summed E-state index contributed by atoms with van der Waals surface area (Å²) in [5, 5.41) is 20.4. The van der Waals surface area contributed by atoms with Crippen LogP contribution in [0.4, 0.5) is 4.79 Å². The number of carbonyl (C=O) groups excluding carboxylic acids is 2. The molecule has 1 aliphatic rings. The Morgan fingerprint density at radius 3 is 2.49 bits per heavy atom. The van der Waals surface area contributed by atoms with Crippen molar-refractivity contribution in [3.63, 3.8) is 0 Å². The molecule has 1 aliphatic heterocycles. The average Bonchev–Trinajstić information content (AvgIpc) is 3.43. The quantitative estimate of drug-likeness (QED) is 0.373. The molecule has 1 atom stereocenters. The van der Waals surface area contributed by atoms with Crippen molar-refractivity contribution >= 4 is 28.7 Å². The summed E-state index contributed by atoms with van der Waals surface area (Å²) in [5.41, 5.74) is 2.95. The molecule has 9 nitrogen and oxygen atoms in total. The van der Waals surface area contributed by atoms with Crippen LogP contribution in [-0.4, -0.2) is 48.4 Å². The standard InChI is InChI=1S/C28H23N5O4/c29-13-19-8-10-20(11-9-19)15-31-18-30-14-23(31)17-33-27(36)25(12-26(34)35)32(28(33)37)16-22-6-3-5-21-4-1-2-7-24(21)22/h1-11,14,18,25H,12,15-17H2,(H,34,35). The van der Waals surface area contributed by atoms with Crippen molar-refractivity contribution in [1.82, 2.24) is 19.4 Å². The maximum atomic E-state index is 13.5. The zero-order valence-electron chi connectivity index (χ0n) is 19.8. The number of aromatic nitrogens is 2. The molecule has 1 fully saturated rings. The molecule has 0 bridgehead atoms. The van der Waals surface area contributed by atoms with Crippen molar-refractivity contribution in [3.05, 3.63) is 102 Å². The number of rotatable bonds is 8. The van der Waals surface area contributed by atoms with E-state index in [0.29, 0.717) is 17.8 Å². The van der Waals surface area contributed by atoms with E-state index in [2.05, 4.69) is 11.1 Å². The Morgan fingerprint density at radius 1 is 0.973 bits per heavy atom. The van der Waals surface area contributed by atoms with E-state index in [-0.39, 0.29) is 13.1 Å². The fraction of sp³-hybridized carbons (Fsp3) is 0.179. The smallest absolute Gasteiger partial charge is 0.328 e. The third kappa shape index (κ3) is 4.77. The number of nitrogens with zero attached hydrogens (tertiary/aromatic N) is 5. The van der Waals surface area contributed by atoms with Crippen LogP contribution in [0.1, 0.15) is 28.8 Å². The maximum Gasteiger partial charge on any atom is 0.328 e. The van der Waals surface area contributed by atoms with Crippen LogP contribution in [0.15, 0.2) is 79.3 Å². The van der Waals surface area contributed by atoms with Gasteiger partial charge in [0.05, 0.1) is 36.6 Å². The van der Waals surface area contributed by atoms with Gasteiger partial charge in [-0.3, -0.25) is 14.5 Å². The summed E-state index contributed by atoms with van der Waals surface area (Å²) in [6, 6.07) is 21.0. The minimum absolute atomic E-state index is 0.0316. The first kappa shape index (κ1) is 23.8. The number of aliphatic carboxylic acids is 1. The normalized spacial score (nSPS) is 15.4. The number of carboxylic acids is 1. The van der Waals surface area contributed by atoms with Crippen molar-refractivity contribution in [2.75, 3.05) is 0 Å². The molecular formula is C28H23N5O4. The van der Waals surface area contributed by atoms with E-state index in [0.717, 1.165) is 26.8 Å². The highest BCUT2D eigenvalue weighted by molar-refractivity contribution is 6.05. The Labute approximate surface area is 212 Å². The first-order chi connectivity index (χ1) is 17.9. The molecule has 5 rings (SSSR count). The second-order valence-electron chi connectivity index (χ2n) is 8.91. The van der Waals surface area contributed by atoms with Crippen molar-refractivity contribution in [1.29, 1.82) is 5.26 Å². The lowest BCUT2D eigenvalue weighted by molar-refractivity contribution is -0.141. The second kappa shape index (κ2) is 9.95. The van der Waals surface area contributed by atoms with Gasteiger partial charge in [0, 0.05) is 19.3 Å². The van der Waals surface area contributed by atoms with E-state index >= 15 is 0 Å². The van der Waals surface area contributed by atoms with Gasteiger partial charge in [-0.2, -0.15) is 5.26 Å². The number of nitriles is 1. The molecule has 0 radical (unpaired) electrons. The van der Waals surface area contributed by atoms with Gasteiger partial charge in [-0.15, -0.1) is 0 Å². The summed E-state index contributed by atoms with van der Waals surface area (Å²) >= 11 is 0. The van der Waals surface area contributed by atoms with Crippen LogP contribution < -0.4 is 0 Å². The van der Waals surface area contributed by atoms with Gasteiger partial charge in [0.2, 0.25) is 0 Å². The Morgan fingerprint density at radius 2 is 1.73 bits per heavy atom. The predicted octanol–water partition coefficient (Wildman–Crippen LogP) is 3.76. The number of amides is 3. The highest BCUT2D eigenvalue weighted by Gasteiger charge is 2.46. The summed E-state index contributed by atoms with van der Waals surface area (Å²) in [6.45, 7) is 0.524. The Bertz CT molecular complexity index is 1530. The number of carbonyl (C=O) groups is 3. The monoisotopic (exact) mass is 493 g/mol. The zero-order chi connectivity index (χ0) is 25.9. The lowest BCUT2D eigenvalue weighted by atomic mass is 10.0. The molecule has 2 heterocycles. The van der Waals surface area contributed by atoms with Crippen molar-refractivity contribution in [2.24, 2.45) is 0 Å². The van der Waals surface area contributed by atoms with Gasteiger partial charge in [-0.25, -0.2) is 9.78 Å². The Hall–Kier alpha value is -4.97. The van der Waals surface area contributed by atoms with Crippen molar-refractivity contribution < 1.29 is 19.5 Å². The number of benzene rings is 3. The lowest BCUT2D eigenvalue weighted by Crippen LogP contribution is -2.36. The third-order valence-electron chi connectivity index (χ3n) is 6.55. The van der Waals surface area contributed by atoms with Gasteiger partial charge in [-0.1, -0.05) is 54.6 Å². The molecule has 0 aliphatic carbocycles. The number of hydrogen-bond acceptors (Lipinski definition) is 5. The molecule has 4 aromatic rings. The number of imide groups is 1. The van der Waals surface area contributed by atoms with E-state index in [9.17, 15) is 19.5 Å². The molecule has 0 spiro atoms. The van der Waals surface area contributed by atoms with Gasteiger partial charge in [0.15, 0.2) is 0 Å². The average molecular weight is 494 g/mol. The number of hydrogen-bond donors (Lipinski definition) is 1. The summed E-state index contributed by atoms with van der Waals surface area (Å²) < 4.78 is 1.82. The maximum absolute atomic E-state index is 13.5. The predicted molar refractivity (Wildman–Crippen MR) is 134 cm³/mol. The lowest BCUT2D eigenvalue weighted by Gasteiger charge is -2.22. The largest absolute Gasteiger partial charge is 0.481 e. The van der Waals surface area contributed by atoms with E-state index in [1.807, 2.05) is 59.2 Å². The topological polar surface area (TPSA) is 120 Å². The van der Waals surface area contributed by atoms with Gasteiger partial charge in [0.1, 0.15) is 6.04 Å². The first-order valence-electron chi connectivity index (χ1n) is 11.7. The van der Waals surface area contributed by atoms with Crippen LogP contribution in [0, 0.1) is 11.3 Å². The van der Waals surface area contributed by atoms with Crippen LogP contribution in [0.5, 0.6) is 0 Å². The molecule has 1 unspecified atom stereocenters. The molecule has 1 aromatic heterocycles. The van der Waals surface area contributed by atoms with Crippen molar-refractivity contribution in [2.45, 2.75) is 32.1 Å². The molecule has 0 saturated carbocycles. The molecule has 3 aromatic carbocycles. The first-order valence-corrected chi connectivity index (χ1v) is 11.7. The van der Waals surface area contributed by atoms with Gasteiger partial charge >= 0.3 is 12.0 Å². The van der Waals surface area contributed by atoms with Crippen molar-refractivity contribution in [3.8, 4) is 6.07 Å². The SMILES string of the molecule is N#Cc1ccc(Cn2cncc2CN2C(=O)C(CC(=O)O)N(Cc3cccc4ccccc34)C2=O)cc1. The number of carboxylic acid groups (broad SMARTS) is 1. The highest BCUT2D eigenvalue weighted by atomic mass is 16.4. The van der Waals surface area contributed by atoms with Gasteiger partial charge in [0.25, 0.3) is 5.91 Å². The molecule has 3 amide bonds. The second-order valence-corrected chi connectivity index (χ2v) is 8.91. The zero-order valence-corrected chi connectivity index (χ0v) is 19.8. The van der Waals surface area contributed by atoms with Gasteiger partial charge < -0.3 is 14.6 Å². The van der Waals surface area contributed by atoms with E-state index in [4.69, 9.17) is 5.26 Å². The molecule has 184 valence electrons. The molecule has 1 N–H and O–H groups in total. The molecule has 9 heteroatoms. The Balaban J connectivity index is 1.40. The van der Waals surface area contributed by atoms with Gasteiger partial charge in [-0.05, 0) is 34.0 Å². The van der Waals surface area contributed by atoms with E-state index in [1.54, 1.807) is 24.7 Å². The minimum Gasteiger partial charge on any atom is -0.481 e. The number of imidazole rings is 1. The summed E-state index contributed by atoms with van der Waals surface area (Å²) in [7, 11) is 0. The number of fused-ring (bicyclic) bond motifs is 1. The summed E-state index contributed by atoms with van der Waals surface area (Å²) in [4.78, 5) is 45.1. The summed E-state index contributed by atoms with van der Waals surface area (Å²) in [6.07, 6.45) is 2.72. The molecular weight excluding hydrogens is 470 g/mol. The highest BCUT2D eigenvalue weighted by Crippen LogP contribution is 2.28. The van der Waals surface area contributed by atoms with Crippen LogP contribution in [0.3, 0.4) is 0 Å². The van der Waals surface area contributed by atoms with E-state index < -0.39 is 30.4 Å². The number of urea groups is 1. The van der Waals surface area contributed by atoms with Crippen LogP contribution in [0.25, 0.3) is 10.8 Å². The third-order valence-corrected chi connectivity index (χ3v) is 6.55. The minimum atomic E-state index is -1.15. The Kier molecular flexibility index (Phi) is 6.39. The fourth-order valence-corrected chi connectivity index (χ4v) is 4.66. The fourth-order valence-electron chi connectivity index (χ4n) is 4.66. The summed E-state index contributed by atoms with van der Waals surface area (Å²) in [5.74, 6) is -1.69. The van der Waals surface area contributed by atoms with Crippen LogP contribution in [0.2, 0.25) is 0 Å². The van der Waals surface area contributed by atoms with E-state index in [1.165, 1.54) is 4.90 Å². The molecule has 37 heavy (non-hydrogen) atoms.